The average Bonchev–Trinajstić information content (AvgIpc) is 3.38. The zero-order chi connectivity index (χ0) is 21.0. The number of halogens is 1. The van der Waals surface area contributed by atoms with Crippen molar-refractivity contribution in [1.82, 2.24) is 29.9 Å². The first-order chi connectivity index (χ1) is 14.0. The Balaban J connectivity index is 0.000000169. The number of carboxylic acids is 1. The molecule has 1 aliphatic rings. The lowest BCUT2D eigenvalue weighted by atomic mass is 10.1. The monoisotopic (exact) mass is 415 g/mol. The quantitative estimate of drug-likeness (QED) is 0.472. The van der Waals surface area contributed by atoms with E-state index in [1.807, 2.05) is 18.2 Å². The van der Waals surface area contributed by atoms with Gasteiger partial charge in [0, 0.05) is 12.1 Å². The fourth-order valence-electron chi connectivity index (χ4n) is 2.90. The van der Waals surface area contributed by atoms with E-state index in [1.165, 1.54) is 18.2 Å². The Labute approximate surface area is 169 Å². The van der Waals surface area contributed by atoms with E-state index in [0.29, 0.717) is 0 Å². The van der Waals surface area contributed by atoms with Crippen LogP contribution in [0, 0.1) is 11.3 Å². The van der Waals surface area contributed by atoms with Crippen LogP contribution in [-0.4, -0.2) is 49.2 Å². The summed E-state index contributed by atoms with van der Waals surface area (Å²) in [7, 11) is 1.17. The Morgan fingerprint density at radius 3 is 2.86 bits per heavy atom. The molecule has 3 aromatic rings. The smallest absolute Gasteiger partial charge is 0.357 e. The normalized spacial score (nSPS) is 14.4. The Bertz CT molecular complexity index is 1120. The van der Waals surface area contributed by atoms with Gasteiger partial charge in [-0.2, -0.15) is 9.78 Å². The van der Waals surface area contributed by atoms with E-state index < -0.39 is 11.9 Å². The lowest BCUT2D eigenvalue weighted by molar-refractivity contribution is 0.0590. The number of nitrogens with zero attached hydrogens (tertiary/aromatic N) is 6. The average molecular weight is 416 g/mol. The predicted molar refractivity (Wildman–Crippen MR) is 98.1 cm³/mol. The number of hydrogen-bond donors (Lipinski definition) is 2. The van der Waals surface area contributed by atoms with Crippen LogP contribution in [0.2, 0.25) is 0 Å². The van der Waals surface area contributed by atoms with Gasteiger partial charge in [-0.15, -0.1) is 0 Å². The molecule has 11 nitrogen and oxygen atoms in total. The van der Waals surface area contributed by atoms with Gasteiger partial charge in [-0.1, -0.05) is 11.2 Å². The molecule has 1 aliphatic carbocycles. The number of aromatic carboxylic acids is 1. The minimum absolute atomic E-state index is 0.0831. The van der Waals surface area contributed by atoms with Crippen molar-refractivity contribution in [2.24, 2.45) is 0 Å². The molecule has 0 aliphatic heterocycles. The number of fused-ring (bicyclic) bond motifs is 2. The molecular weight excluding hydrogens is 402 g/mol. The third-order valence-corrected chi connectivity index (χ3v) is 4.53. The van der Waals surface area contributed by atoms with Crippen LogP contribution < -0.4 is 4.84 Å². The van der Waals surface area contributed by atoms with Crippen LogP contribution in [0.4, 0.5) is 0 Å². The van der Waals surface area contributed by atoms with Gasteiger partial charge < -0.3 is 9.84 Å². The highest BCUT2D eigenvalue weighted by Crippen LogP contribution is 2.31. The third kappa shape index (κ3) is 4.13. The summed E-state index contributed by atoms with van der Waals surface area (Å²) in [6.45, 7) is 0. The number of methoxy groups -OCH3 is 1. The van der Waals surface area contributed by atoms with Gasteiger partial charge in [-0.05, 0) is 58.3 Å². The summed E-state index contributed by atoms with van der Waals surface area (Å²) in [4.78, 5) is 28.5. The van der Waals surface area contributed by atoms with Crippen molar-refractivity contribution in [3.8, 4) is 6.07 Å². The molecule has 0 bridgehead atoms. The molecule has 148 valence electrons. The number of rotatable bonds is 3. The summed E-state index contributed by atoms with van der Waals surface area (Å²) in [5, 5.41) is 27.7. The summed E-state index contributed by atoms with van der Waals surface area (Å²) >= 11 is 5.59. The van der Waals surface area contributed by atoms with E-state index >= 15 is 0 Å². The summed E-state index contributed by atoms with van der Waals surface area (Å²) in [6, 6.07) is 9.20. The maximum atomic E-state index is 11.3. The van der Waals surface area contributed by atoms with Crippen LogP contribution in [0.3, 0.4) is 0 Å². The number of aromatic nitrogens is 5. The fourth-order valence-corrected chi connectivity index (χ4v) is 3.13. The summed E-state index contributed by atoms with van der Waals surface area (Å²) in [5.41, 5.74) is 2.78. The minimum atomic E-state index is -1.28. The molecule has 0 radical (unpaired) electrons. The molecule has 1 aromatic carbocycles. The lowest BCUT2D eigenvalue weighted by Gasteiger charge is -2.07. The molecule has 1 atom stereocenters. The zero-order valence-corrected chi connectivity index (χ0v) is 15.8. The Morgan fingerprint density at radius 1 is 1.41 bits per heavy atom. The third-order valence-electron chi connectivity index (χ3n) is 4.27. The van der Waals surface area contributed by atoms with Crippen LogP contribution in [-0.2, 0) is 11.2 Å². The van der Waals surface area contributed by atoms with Crippen molar-refractivity contribution < 1.29 is 19.4 Å². The standard InChI is InChI=1S/C10H9ClN2.C7H5N5O4/c11-13-10-4-2-8-5-7(6-12)1-3-9(8)10;1-16-6(15)4-2-3(5(13)14)8-7-9-10-11-12(4)7/h1,3,5,10,13H,2,4H2;2H,1H3,(H,13,14)/t10-;/m0./s1. The molecule has 0 saturated carbocycles. The molecule has 0 spiro atoms. The largest absolute Gasteiger partial charge is 0.477 e. The first-order valence-corrected chi connectivity index (χ1v) is 8.66. The summed E-state index contributed by atoms with van der Waals surface area (Å²) < 4.78 is 5.47. The van der Waals surface area contributed by atoms with Gasteiger partial charge in [0.05, 0.1) is 18.7 Å². The summed E-state index contributed by atoms with van der Waals surface area (Å²) in [5.74, 6) is -2.11. The van der Waals surface area contributed by atoms with Crippen LogP contribution in [0.15, 0.2) is 24.3 Å². The molecule has 2 N–H and O–H groups in total. The van der Waals surface area contributed by atoms with E-state index in [2.05, 4.69) is 36.2 Å². The highest BCUT2D eigenvalue weighted by Gasteiger charge is 2.21. The number of aryl methyl sites for hydroxylation is 1. The number of carbonyl (C=O) groups excluding carboxylic acids is 1. The number of nitriles is 1. The maximum absolute atomic E-state index is 11.3. The highest BCUT2D eigenvalue weighted by molar-refractivity contribution is 6.13. The summed E-state index contributed by atoms with van der Waals surface area (Å²) in [6.07, 6.45) is 2.03. The number of ether oxygens (including phenoxy) is 1. The number of hydrogen-bond acceptors (Lipinski definition) is 9. The number of benzene rings is 1. The lowest BCUT2D eigenvalue weighted by Crippen LogP contribution is -2.13. The van der Waals surface area contributed by atoms with Crippen LogP contribution in [0.5, 0.6) is 0 Å². The number of carbonyl (C=O) groups is 2. The first kappa shape index (κ1) is 20.1. The van der Waals surface area contributed by atoms with Gasteiger partial charge in [0.15, 0.2) is 11.4 Å². The van der Waals surface area contributed by atoms with Crippen molar-refractivity contribution in [1.29, 1.82) is 5.26 Å². The maximum Gasteiger partial charge on any atom is 0.357 e. The Hall–Kier alpha value is -3.62. The number of carboxylic acid groups (broad SMARTS) is 1. The Kier molecular flexibility index (Phi) is 5.96. The molecule has 0 saturated heterocycles. The van der Waals surface area contributed by atoms with Gasteiger partial charge in [0.1, 0.15) is 0 Å². The number of nitrogens with one attached hydrogen (secondary N) is 1. The number of esters is 1. The van der Waals surface area contributed by atoms with E-state index in [4.69, 9.17) is 22.1 Å². The number of tetrazole rings is 1. The van der Waals surface area contributed by atoms with Crippen molar-refractivity contribution in [3.63, 3.8) is 0 Å². The fraction of sp³-hybridized carbons (Fsp3) is 0.235. The molecule has 12 heteroatoms. The van der Waals surface area contributed by atoms with E-state index in [9.17, 15) is 9.59 Å². The van der Waals surface area contributed by atoms with Crippen LogP contribution in [0.25, 0.3) is 5.78 Å². The molecular formula is C17H14ClN7O4. The molecule has 29 heavy (non-hydrogen) atoms. The van der Waals surface area contributed by atoms with Crippen molar-refractivity contribution in [3.05, 3.63) is 52.3 Å². The van der Waals surface area contributed by atoms with Crippen LogP contribution in [0.1, 0.15) is 50.1 Å². The van der Waals surface area contributed by atoms with Gasteiger partial charge in [-0.25, -0.2) is 19.4 Å². The topological polar surface area (TPSA) is 155 Å². The van der Waals surface area contributed by atoms with Crippen LogP contribution >= 0.6 is 11.8 Å². The van der Waals surface area contributed by atoms with Gasteiger partial charge in [-0.3, -0.25) is 0 Å². The van der Waals surface area contributed by atoms with Crippen molar-refractivity contribution in [2.75, 3.05) is 7.11 Å². The second kappa shape index (κ2) is 8.59. The van der Waals surface area contributed by atoms with Gasteiger partial charge in [0.25, 0.3) is 5.78 Å². The second-order valence-corrected chi connectivity index (χ2v) is 6.16. The zero-order valence-electron chi connectivity index (χ0n) is 15.0. The van der Waals surface area contributed by atoms with Crippen molar-refractivity contribution >= 4 is 29.5 Å². The van der Waals surface area contributed by atoms with E-state index in [-0.39, 0.29) is 23.2 Å². The molecule has 0 amide bonds. The first-order valence-electron chi connectivity index (χ1n) is 8.28. The molecule has 0 unspecified atom stereocenters. The SMILES string of the molecule is COC(=O)c1cc(C(=O)O)nc2nnnn12.N#Cc1ccc2c(c1)CC[C@@H]2NCl. The van der Waals surface area contributed by atoms with Gasteiger partial charge in [0.2, 0.25) is 0 Å². The van der Waals surface area contributed by atoms with E-state index in [1.54, 1.807) is 0 Å². The van der Waals surface area contributed by atoms with Crippen molar-refractivity contribution in [2.45, 2.75) is 18.9 Å². The van der Waals surface area contributed by atoms with Gasteiger partial charge >= 0.3 is 11.9 Å². The molecule has 0 fully saturated rings. The minimum Gasteiger partial charge on any atom is -0.477 e. The second-order valence-electron chi connectivity index (χ2n) is 5.94. The predicted octanol–water partition coefficient (Wildman–Crippen LogP) is 1.29. The Morgan fingerprint density at radius 2 is 2.21 bits per heavy atom. The molecule has 2 aromatic heterocycles. The van der Waals surface area contributed by atoms with E-state index in [0.717, 1.165) is 29.0 Å². The molecule has 2 heterocycles. The highest BCUT2D eigenvalue weighted by atomic mass is 35.5. The molecule has 4 rings (SSSR count).